The molecule has 6 heteroatoms. The van der Waals surface area contributed by atoms with Crippen molar-refractivity contribution in [3.63, 3.8) is 0 Å². The highest BCUT2D eigenvalue weighted by molar-refractivity contribution is 5.83. The summed E-state index contributed by atoms with van der Waals surface area (Å²) in [5.74, 6) is 1.83. The summed E-state index contributed by atoms with van der Waals surface area (Å²) in [5, 5.41) is 7.70. The van der Waals surface area contributed by atoms with Gasteiger partial charge >= 0.3 is 0 Å². The van der Waals surface area contributed by atoms with Gasteiger partial charge in [-0.05, 0) is 31.5 Å². The van der Waals surface area contributed by atoms with E-state index in [2.05, 4.69) is 29.5 Å². The fourth-order valence-corrected chi connectivity index (χ4v) is 4.54. The lowest BCUT2D eigenvalue weighted by atomic mass is 9.57. The zero-order valence-corrected chi connectivity index (χ0v) is 15.7. The number of guanidine groups is 1. The number of aliphatic imine (C=N–C) groups is 1. The van der Waals surface area contributed by atoms with Crippen LogP contribution in [-0.4, -0.2) is 31.8 Å². The lowest BCUT2D eigenvalue weighted by molar-refractivity contribution is -0.106. The van der Waals surface area contributed by atoms with Crippen LogP contribution in [0.1, 0.15) is 31.6 Å². The van der Waals surface area contributed by atoms with Crippen molar-refractivity contribution in [2.75, 3.05) is 13.7 Å². The highest BCUT2D eigenvalue weighted by Gasteiger charge is 2.59. The average Bonchev–Trinajstić information content (AvgIpc) is 3.19. The molecule has 0 spiro atoms. The summed E-state index contributed by atoms with van der Waals surface area (Å²) < 4.78 is 25.2. The minimum absolute atomic E-state index is 0.0889. The van der Waals surface area contributed by atoms with Crippen molar-refractivity contribution in [3.05, 3.63) is 35.3 Å². The topological polar surface area (TPSA) is 58.8 Å². The summed E-state index contributed by atoms with van der Waals surface area (Å²) in [6.07, 6.45) is 1.43. The van der Waals surface area contributed by atoms with Gasteiger partial charge in [-0.3, -0.25) is 4.99 Å². The second-order valence-corrected chi connectivity index (χ2v) is 7.90. The van der Waals surface area contributed by atoms with Crippen molar-refractivity contribution in [2.45, 2.75) is 45.9 Å². The minimum atomic E-state index is -0.251. The van der Waals surface area contributed by atoms with Crippen LogP contribution in [0.4, 0.5) is 4.39 Å². The van der Waals surface area contributed by atoms with Crippen LogP contribution in [0.15, 0.2) is 27.6 Å². The van der Waals surface area contributed by atoms with Crippen molar-refractivity contribution in [2.24, 2.45) is 16.3 Å². The number of nitrogens with one attached hydrogen (secondary N) is 2. The van der Waals surface area contributed by atoms with Crippen LogP contribution in [0, 0.1) is 24.1 Å². The van der Waals surface area contributed by atoms with Crippen molar-refractivity contribution in [1.29, 1.82) is 0 Å². The van der Waals surface area contributed by atoms with E-state index in [9.17, 15) is 4.39 Å². The maximum absolute atomic E-state index is 13.5. The first kappa shape index (κ1) is 17.3. The summed E-state index contributed by atoms with van der Waals surface area (Å²) in [7, 11) is 1.77. The summed E-state index contributed by atoms with van der Waals surface area (Å²) in [5.41, 5.74) is 1.75. The van der Waals surface area contributed by atoms with Gasteiger partial charge in [0.2, 0.25) is 0 Å². The Morgan fingerprint density at radius 3 is 2.96 bits per heavy atom. The number of nitrogens with zero attached hydrogens (tertiary/aromatic N) is 1. The van der Waals surface area contributed by atoms with Gasteiger partial charge in [0.05, 0.1) is 12.6 Å². The maximum atomic E-state index is 13.5. The smallest absolute Gasteiger partial charge is 0.191 e. The number of fused-ring (bicyclic) bond motifs is 2. The first-order chi connectivity index (χ1) is 12.4. The molecule has 1 aliphatic carbocycles. The molecule has 140 valence electrons. The molecular weight excluding hydrogens is 333 g/mol. The Morgan fingerprint density at radius 2 is 2.19 bits per heavy atom. The molecule has 2 fully saturated rings. The predicted octanol–water partition coefficient (Wildman–Crippen LogP) is 3.36. The van der Waals surface area contributed by atoms with Gasteiger partial charge in [-0.1, -0.05) is 13.8 Å². The molecule has 2 heterocycles. The molecule has 5 nitrogen and oxygen atoms in total. The van der Waals surface area contributed by atoms with Gasteiger partial charge < -0.3 is 19.8 Å². The molecule has 4 rings (SSSR count). The predicted molar refractivity (Wildman–Crippen MR) is 99.7 cm³/mol. The van der Waals surface area contributed by atoms with E-state index in [4.69, 9.17) is 9.15 Å². The number of furan rings is 1. The summed E-state index contributed by atoms with van der Waals surface area (Å²) in [4.78, 5) is 4.35. The quantitative estimate of drug-likeness (QED) is 0.652. The Kier molecular flexibility index (Phi) is 4.18. The molecule has 26 heavy (non-hydrogen) atoms. The van der Waals surface area contributed by atoms with Gasteiger partial charge in [-0.2, -0.15) is 0 Å². The van der Waals surface area contributed by atoms with E-state index in [-0.39, 0.29) is 11.2 Å². The van der Waals surface area contributed by atoms with Gasteiger partial charge in [0.15, 0.2) is 5.96 Å². The zero-order chi connectivity index (χ0) is 18.5. The molecular formula is C20H26FN3O2. The number of ether oxygens (including phenoxy) is 1. The van der Waals surface area contributed by atoms with Gasteiger partial charge in [-0.25, -0.2) is 4.39 Å². The van der Waals surface area contributed by atoms with Gasteiger partial charge in [0.25, 0.3) is 0 Å². The van der Waals surface area contributed by atoms with E-state index in [1.807, 2.05) is 6.92 Å². The number of aryl methyl sites for hydroxylation is 1. The third-order valence-corrected chi connectivity index (χ3v) is 6.03. The van der Waals surface area contributed by atoms with Crippen LogP contribution in [-0.2, 0) is 11.3 Å². The molecule has 0 radical (unpaired) electrons. The molecule has 0 bridgehead atoms. The van der Waals surface area contributed by atoms with Crippen LogP contribution in [0.3, 0.4) is 0 Å². The summed E-state index contributed by atoms with van der Waals surface area (Å²) in [6.45, 7) is 7.77. The van der Waals surface area contributed by atoms with Crippen molar-refractivity contribution < 1.29 is 13.5 Å². The SMILES string of the molecule is CN=C(NCc1oc2ccc(F)cc2c1C)NC1C2CCOC2C1(C)C. The molecule has 1 aromatic carbocycles. The lowest BCUT2D eigenvalue weighted by Crippen LogP contribution is -2.67. The second kappa shape index (κ2) is 6.27. The third-order valence-electron chi connectivity index (χ3n) is 6.03. The van der Waals surface area contributed by atoms with Gasteiger partial charge in [-0.15, -0.1) is 0 Å². The highest BCUT2D eigenvalue weighted by atomic mass is 19.1. The lowest BCUT2D eigenvalue weighted by Gasteiger charge is -2.54. The maximum Gasteiger partial charge on any atom is 0.191 e. The normalized spacial score (nSPS) is 27.3. The van der Waals surface area contributed by atoms with Crippen LogP contribution >= 0.6 is 0 Å². The van der Waals surface area contributed by atoms with Crippen LogP contribution in [0.5, 0.6) is 0 Å². The standard InChI is InChI=1S/C20H26FN3O2/c1-11-14-9-12(21)5-6-15(14)26-16(11)10-23-19(22-4)24-17-13-7-8-25-18(13)20(17,2)3/h5-6,9,13,17-18H,7-8,10H2,1-4H3,(H2,22,23,24). The summed E-state index contributed by atoms with van der Waals surface area (Å²) >= 11 is 0. The second-order valence-electron chi connectivity index (χ2n) is 7.90. The minimum Gasteiger partial charge on any atom is -0.459 e. The Balaban J connectivity index is 1.44. The molecule has 1 aromatic heterocycles. The molecule has 2 aromatic rings. The Morgan fingerprint density at radius 1 is 1.38 bits per heavy atom. The Hall–Kier alpha value is -2.08. The van der Waals surface area contributed by atoms with Gasteiger partial charge in [0.1, 0.15) is 17.2 Å². The first-order valence-electron chi connectivity index (χ1n) is 9.18. The van der Waals surface area contributed by atoms with Crippen LogP contribution in [0.25, 0.3) is 11.0 Å². The Bertz CT molecular complexity index is 858. The van der Waals surface area contributed by atoms with E-state index >= 15 is 0 Å². The number of hydrogen-bond donors (Lipinski definition) is 2. The molecule has 1 aliphatic heterocycles. The van der Waals surface area contributed by atoms with Crippen LogP contribution in [0.2, 0.25) is 0 Å². The number of hydrogen-bond acceptors (Lipinski definition) is 3. The van der Waals surface area contributed by atoms with E-state index in [1.165, 1.54) is 12.1 Å². The van der Waals surface area contributed by atoms with Crippen molar-refractivity contribution >= 4 is 16.9 Å². The molecule has 2 N–H and O–H groups in total. The summed E-state index contributed by atoms with van der Waals surface area (Å²) in [6, 6.07) is 4.95. The fourth-order valence-electron chi connectivity index (χ4n) is 4.54. The van der Waals surface area contributed by atoms with Gasteiger partial charge in [0, 0.05) is 42.0 Å². The molecule has 0 amide bonds. The monoisotopic (exact) mass is 359 g/mol. The largest absolute Gasteiger partial charge is 0.459 e. The van der Waals surface area contributed by atoms with E-state index in [1.54, 1.807) is 13.1 Å². The average molecular weight is 359 g/mol. The molecule has 3 unspecified atom stereocenters. The number of halogens is 1. The fraction of sp³-hybridized carbons (Fsp3) is 0.550. The molecule has 2 aliphatic rings. The van der Waals surface area contributed by atoms with E-state index in [0.717, 1.165) is 35.7 Å². The third kappa shape index (κ3) is 2.67. The highest BCUT2D eigenvalue weighted by Crippen LogP contribution is 2.52. The molecule has 1 saturated carbocycles. The van der Waals surface area contributed by atoms with E-state index < -0.39 is 0 Å². The molecule has 3 atom stereocenters. The van der Waals surface area contributed by atoms with Crippen LogP contribution < -0.4 is 10.6 Å². The Labute approximate surface area is 153 Å². The van der Waals surface area contributed by atoms with E-state index in [0.29, 0.717) is 30.2 Å². The van der Waals surface area contributed by atoms with Crippen molar-refractivity contribution in [1.82, 2.24) is 10.6 Å². The number of benzene rings is 1. The zero-order valence-electron chi connectivity index (χ0n) is 15.7. The van der Waals surface area contributed by atoms with Crippen molar-refractivity contribution in [3.8, 4) is 0 Å². The first-order valence-corrected chi connectivity index (χ1v) is 9.18. The molecule has 1 saturated heterocycles. The number of rotatable bonds is 3.